The largest absolute Gasteiger partial charge is 0.359 e. The zero-order chi connectivity index (χ0) is 20.0. The first-order valence-electron chi connectivity index (χ1n) is 7.51. The number of rotatable bonds is 5. The van der Waals surface area contributed by atoms with Crippen LogP contribution in [-0.4, -0.2) is 18.9 Å². The molecule has 0 spiro atoms. The van der Waals surface area contributed by atoms with Crippen LogP contribution in [0.2, 0.25) is 0 Å². The summed E-state index contributed by atoms with van der Waals surface area (Å²) in [5.41, 5.74) is 1.51. The Morgan fingerprint density at radius 3 is 2.19 bits per heavy atom. The van der Waals surface area contributed by atoms with Gasteiger partial charge in [0.2, 0.25) is 5.91 Å². The summed E-state index contributed by atoms with van der Waals surface area (Å²) in [6, 6.07) is 14.2. The number of nitriles is 2. The van der Waals surface area contributed by atoms with Crippen molar-refractivity contribution in [2.24, 2.45) is 0 Å². The number of nitrogens with one attached hydrogen (secondary N) is 2. The van der Waals surface area contributed by atoms with E-state index in [9.17, 15) is 17.8 Å². The van der Waals surface area contributed by atoms with Gasteiger partial charge in [-0.1, -0.05) is 18.2 Å². The highest BCUT2D eigenvalue weighted by molar-refractivity contribution is 7.86. The van der Waals surface area contributed by atoms with Crippen LogP contribution in [0.25, 0.3) is 11.1 Å². The van der Waals surface area contributed by atoms with Gasteiger partial charge in [-0.3, -0.25) is 9.35 Å². The molecule has 2 aromatic carbocycles. The average Bonchev–Trinajstić information content (AvgIpc) is 2.62. The van der Waals surface area contributed by atoms with Gasteiger partial charge in [0, 0.05) is 18.8 Å². The van der Waals surface area contributed by atoms with Gasteiger partial charge in [-0.15, -0.1) is 0 Å². The molecule has 1 amide bonds. The average molecular weight is 382 g/mol. The van der Waals surface area contributed by atoms with Crippen molar-refractivity contribution in [3.05, 3.63) is 54.2 Å². The van der Waals surface area contributed by atoms with Crippen LogP contribution in [-0.2, 0) is 14.9 Å². The Kier molecular flexibility index (Phi) is 5.93. The fourth-order valence-corrected chi connectivity index (χ4v) is 2.90. The van der Waals surface area contributed by atoms with Crippen molar-refractivity contribution in [1.82, 2.24) is 0 Å². The zero-order valence-electron chi connectivity index (χ0n) is 14.1. The molecule has 0 fully saturated rings. The molecule has 0 atom stereocenters. The molecule has 0 saturated heterocycles. The molecule has 136 valence electrons. The van der Waals surface area contributed by atoms with E-state index in [4.69, 9.17) is 10.5 Å². The van der Waals surface area contributed by atoms with Crippen LogP contribution >= 0.6 is 0 Å². The molecule has 0 aromatic heterocycles. The van der Waals surface area contributed by atoms with Crippen molar-refractivity contribution in [3.63, 3.8) is 0 Å². The Labute approximate surface area is 156 Å². The molecule has 0 aliphatic rings. The van der Waals surface area contributed by atoms with Crippen molar-refractivity contribution < 1.29 is 17.8 Å². The number of carbonyl (C=O) groups is 1. The third-order valence-electron chi connectivity index (χ3n) is 3.41. The summed E-state index contributed by atoms with van der Waals surface area (Å²) in [6.45, 7) is 1.39. The Hall–Kier alpha value is -3.66. The van der Waals surface area contributed by atoms with Crippen LogP contribution in [0, 0.1) is 22.7 Å². The predicted molar refractivity (Wildman–Crippen MR) is 98.9 cm³/mol. The highest BCUT2D eigenvalue weighted by Crippen LogP contribution is 2.29. The monoisotopic (exact) mass is 382 g/mol. The van der Waals surface area contributed by atoms with E-state index in [0.717, 1.165) is 6.20 Å². The molecule has 27 heavy (non-hydrogen) atoms. The molecule has 9 heteroatoms. The lowest BCUT2D eigenvalue weighted by Crippen LogP contribution is -2.05. The maximum atomic E-state index is 11.7. The summed E-state index contributed by atoms with van der Waals surface area (Å²) in [7, 11) is -4.56. The summed E-state index contributed by atoms with van der Waals surface area (Å²) in [5, 5.41) is 22.6. The smallest absolute Gasteiger partial charge is 0.296 e. The van der Waals surface area contributed by atoms with Gasteiger partial charge in [0.15, 0.2) is 0 Å². The first-order chi connectivity index (χ1) is 12.7. The van der Waals surface area contributed by atoms with Gasteiger partial charge < -0.3 is 10.6 Å². The van der Waals surface area contributed by atoms with Crippen molar-refractivity contribution in [1.29, 1.82) is 10.5 Å². The Morgan fingerprint density at radius 1 is 1.07 bits per heavy atom. The van der Waals surface area contributed by atoms with E-state index in [-0.39, 0.29) is 17.2 Å². The molecule has 0 aliphatic heterocycles. The Bertz CT molecular complexity index is 1080. The number of allylic oxidation sites excluding steroid dienone is 1. The van der Waals surface area contributed by atoms with E-state index >= 15 is 0 Å². The number of hydrogen-bond donors (Lipinski definition) is 3. The lowest BCUT2D eigenvalue weighted by atomic mass is 10.0. The Morgan fingerprint density at radius 2 is 1.67 bits per heavy atom. The number of benzene rings is 2. The van der Waals surface area contributed by atoms with E-state index in [2.05, 4.69) is 10.6 Å². The van der Waals surface area contributed by atoms with Crippen LogP contribution in [0.5, 0.6) is 0 Å². The fraction of sp³-hybridized carbons (Fsp3) is 0.0556. The van der Waals surface area contributed by atoms with Gasteiger partial charge in [0.1, 0.15) is 22.6 Å². The molecule has 8 nitrogen and oxygen atoms in total. The molecule has 2 aromatic rings. The molecule has 0 bridgehead atoms. The summed E-state index contributed by atoms with van der Waals surface area (Å²) in [4.78, 5) is 10.7. The van der Waals surface area contributed by atoms with Crippen LogP contribution < -0.4 is 10.6 Å². The first kappa shape index (κ1) is 19.7. The second-order valence-corrected chi connectivity index (χ2v) is 6.76. The van der Waals surface area contributed by atoms with E-state index in [1.54, 1.807) is 42.5 Å². The van der Waals surface area contributed by atoms with Crippen molar-refractivity contribution in [2.75, 3.05) is 10.6 Å². The molecule has 0 saturated carbocycles. The highest BCUT2D eigenvalue weighted by Gasteiger charge is 2.16. The maximum absolute atomic E-state index is 11.7. The molecule has 2 rings (SSSR count). The fourth-order valence-electron chi connectivity index (χ4n) is 2.22. The molecule has 0 heterocycles. The van der Waals surface area contributed by atoms with E-state index in [0.29, 0.717) is 16.8 Å². The van der Waals surface area contributed by atoms with Gasteiger partial charge in [-0.2, -0.15) is 18.9 Å². The lowest BCUT2D eigenvalue weighted by molar-refractivity contribution is -0.114. The van der Waals surface area contributed by atoms with Gasteiger partial charge in [0.25, 0.3) is 10.1 Å². The first-order valence-corrected chi connectivity index (χ1v) is 8.95. The van der Waals surface area contributed by atoms with Crippen LogP contribution in [0.15, 0.2) is 59.1 Å². The number of carbonyl (C=O) groups excluding carboxylic acids is 1. The number of amides is 1. The molecule has 0 aliphatic carbocycles. The summed E-state index contributed by atoms with van der Waals surface area (Å²) in [6.07, 6.45) is 1.05. The van der Waals surface area contributed by atoms with Crippen LogP contribution in [0.4, 0.5) is 11.4 Å². The molecular weight excluding hydrogens is 368 g/mol. The Balaban J connectivity index is 2.44. The second kappa shape index (κ2) is 8.15. The zero-order valence-corrected chi connectivity index (χ0v) is 14.9. The van der Waals surface area contributed by atoms with E-state index in [1.807, 2.05) is 0 Å². The normalized spacial score (nSPS) is 10.2. The molecule has 0 radical (unpaired) electrons. The number of nitrogens with zero attached hydrogens (tertiary/aromatic N) is 2. The maximum Gasteiger partial charge on any atom is 0.296 e. The lowest BCUT2D eigenvalue weighted by Gasteiger charge is -2.10. The summed E-state index contributed by atoms with van der Waals surface area (Å²) >= 11 is 0. The van der Waals surface area contributed by atoms with E-state index < -0.39 is 15.0 Å². The topological polar surface area (TPSA) is 143 Å². The SMILES string of the molecule is CC(=O)Nc1ccc(-c2ccc(NC=C(C#N)C#N)c(S(=O)(=O)O)c2)cc1. The summed E-state index contributed by atoms with van der Waals surface area (Å²) < 4.78 is 32.9. The highest BCUT2D eigenvalue weighted by atomic mass is 32.2. The molecular formula is C18H14N4O4S. The van der Waals surface area contributed by atoms with Crippen molar-refractivity contribution >= 4 is 27.4 Å². The third-order valence-corrected chi connectivity index (χ3v) is 4.30. The minimum absolute atomic E-state index is 0.0131. The summed E-state index contributed by atoms with van der Waals surface area (Å²) in [5.74, 6) is -0.214. The van der Waals surface area contributed by atoms with Gasteiger partial charge in [0.05, 0.1) is 5.69 Å². The van der Waals surface area contributed by atoms with Crippen molar-refractivity contribution in [3.8, 4) is 23.3 Å². The van der Waals surface area contributed by atoms with E-state index in [1.165, 1.54) is 19.1 Å². The minimum Gasteiger partial charge on any atom is -0.359 e. The minimum atomic E-state index is -4.56. The van der Waals surface area contributed by atoms with Gasteiger partial charge in [-0.05, 0) is 35.4 Å². The third kappa shape index (κ3) is 5.16. The number of anilines is 2. The quantitative estimate of drug-likeness (QED) is 0.533. The van der Waals surface area contributed by atoms with Crippen LogP contribution in [0.3, 0.4) is 0 Å². The standard InChI is InChI=1S/C18H14N4O4S/c1-12(23)22-16-5-2-14(3-6-16)15-4-7-17(18(8-15)27(24,25)26)21-11-13(9-19)10-20/h2-8,11,21H,1H3,(H,22,23)(H,24,25,26). The second-order valence-electron chi connectivity index (χ2n) is 5.37. The van der Waals surface area contributed by atoms with Gasteiger partial charge in [-0.25, -0.2) is 0 Å². The molecule has 3 N–H and O–H groups in total. The number of hydrogen-bond acceptors (Lipinski definition) is 6. The van der Waals surface area contributed by atoms with Crippen molar-refractivity contribution in [2.45, 2.75) is 11.8 Å². The van der Waals surface area contributed by atoms with Gasteiger partial charge >= 0.3 is 0 Å². The predicted octanol–water partition coefficient (Wildman–Crippen LogP) is 2.90. The molecule has 0 unspecified atom stereocenters. The van der Waals surface area contributed by atoms with Crippen LogP contribution in [0.1, 0.15) is 6.92 Å².